The van der Waals surface area contributed by atoms with E-state index in [9.17, 15) is 4.79 Å². The van der Waals surface area contributed by atoms with Crippen molar-refractivity contribution in [2.45, 2.75) is 0 Å². The van der Waals surface area contributed by atoms with Gasteiger partial charge in [0.05, 0.1) is 0 Å². The van der Waals surface area contributed by atoms with Crippen molar-refractivity contribution < 1.29 is 9.90 Å². The van der Waals surface area contributed by atoms with Crippen LogP contribution in [-0.2, 0) is 0 Å². The Balaban J connectivity index is 1.90. The summed E-state index contributed by atoms with van der Waals surface area (Å²) in [4.78, 5) is 21.9. The van der Waals surface area contributed by atoms with Crippen LogP contribution in [0.3, 0.4) is 0 Å². The van der Waals surface area contributed by atoms with Crippen LogP contribution in [0.25, 0.3) is 0 Å². The summed E-state index contributed by atoms with van der Waals surface area (Å²) in [5, 5.41) is 8.98. The fraction of sp³-hybridized carbons (Fsp3) is 0.571. The zero-order valence-corrected chi connectivity index (χ0v) is 12.1. The molecule has 6 heteroatoms. The van der Waals surface area contributed by atoms with Gasteiger partial charge >= 0.3 is 5.97 Å². The van der Waals surface area contributed by atoms with E-state index in [0.717, 1.165) is 45.1 Å². The second kappa shape index (κ2) is 6.67. The van der Waals surface area contributed by atoms with E-state index in [0.29, 0.717) is 0 Å². The first-order chi connectivity index (χ1) is 9.56. The summed E-state index contributed by atoms with van der Waals surface area (Å²) in [6.07, 6.45) is 0. The lowest BCUT2D eigenvalue weighted by Crippen LogP contribution is -2.48. The van der Waals surface area contributed by atoms with Crippen LogP contribution in [0.4, 0.5) is 5.82 Å². The fourth-order valence-corrected chi connectivity index (χ4v) is 2.26. The van der Waals surface area contributed by atoms with Crippen LogP contribution in [0.5, 0.6) is 0 Å². The summed E-state index contributed by atoms with van der Waals surface area (Å²) < 4.78 is 0. The van der Waals surface area contributed by atoms with E-state index in [1.807, 2.05) is 6.07 Å². The number of aromatic nitrogens is 1. The van der Waals surface area contributed by atoms with Gasteiger partial charge in [0.25, 0.3) is 0 Å². The third kappa shape index (κ3) is 3.91. The molecule has 0 aromatic carbocycles. The number of carbonyl (C=O) groups is 1. The van der Waals surface area contributed by atoms with Crippen LogP contribution in [0.2, 0.25) is 0 Å². The monoisotopic (exact) mass is 278 g/mol. The Morgan fingerprint density at radius 1 is 1.30 bits per heavy atom. The van der Waals surface area contributed by atoms with Crippen molar-refractivity contribution in [3.05, 3.63) is 23.9 Å². The maximum absolute atomic E-state index is 10.9. The minimum atomic E-state index is -0.975. The molecule has 0 amide bonds. The molecule has 0 radical (unpaired) electrons. The number of hydrogen-bond acceptors (Lipinski definition) is 5. The minimum absolute atomic E-state index is 0.109. The van der Waals surface area contributed by atoms with Crippen molar-refractivity contribution >= 4 is 11.8 Å². The molecule has 1 saturated heterocycles. The highest BCUT2D eigenvalue weighted by Gasteiger charge is 2.18. The molecule has 1 aliphatic heterocycles. The standard InChI is InChI=1S/C14H22N4O2/c1-16(2)6-7-17-8-10-18(11-9-17)13-5-3-4-12(15-13)14(19)20/h3-5H,6-11H2,1-2H3,(H,19,20). The molecule has 0 unspecified atom stereocenters. The van der Waals surface area contributed by atoms with E-state index in [2.05, 4.69) is 33.8 Å². The van der Waals surface area contributed by atoms with Gasteiger partial charge in [0.15, 0.2) is 5.69 Å². The van der Waals surface area contributed by atoms with Gasteiger partial charge in [-0.15, -0.1) is 0 Å². The van der Waals surface area contributed by atoms with Gasteiger partial charge in [0, 0.05) is 39.3 Å². The predicted octanol–water partition coefficient (Wildman–Crippen LogP) is 0.463. The Morgan fingerprint density at radius 3 is 2.60 bits per heavy atom. The molecule has 1 N–H and O–H groups in total. The van der Waals surface area contributed by atoms with Crippen molar-refractivity contribution in [3.63, 3.8) is 0 Å². The average Bonchev–Trinajstić information content (AvgIpc) is 2.46. The number of pyridine rings is 1. The Labute approximate surface area is 119 Å². The second-order valence-electron chi connectivity index (χ2n) is 5.32. The normalized spacial score (nSPS) is 16.6. The highest BCUT2D eigenvalue weighted by Crippen LogP contribution is 2.14. The van der Waals surface area contributed by atoms with Crippen molar-refractivity contribution in [2.75, 3.05) is 58.3 Å². The number of carboxylic acids is 1. The average molecular weight is 278 g/mol. The van der Waals surface area contributed by atoms with Crippen LogP contribution >= 0.6 is 0 Å². The molecule has 1 fully saturated rings. The van der Waals surface area contributed by atoms with Crippen LogP contribution in [0.15, 0.2) is 18.2 Å². The molecule has 1 aliphatic rings. The van der Waals surface area contributed by atoms with Crippen LogP contribution < -0.4 is 4.90 Å². The zero-order chi connectivity index (χ0) is 14.5. The molecule has 110 valence electrons. The molecule has 0 saturated carbocycles. The smallest absolute Gasteiger partial charge is 0.354 e. The van der Waals surface area contributed by atoms with Gasteiger partial charge in [-0.05, 0) is 26.2 Å². The fourth-order valence-electron chi connectivity index (χ4n) is 2.26. The third-order valence-electron chi connectivity index (χ3n) is 3.51. The van der Waals surface area contributed by atoms with Gasteiger partial charge in [-0.25, -0.2) is 9.78 Å². The summed E-state index contributed by atoms with van der Waals surface area (Å²) >= 11 is 0. The topological polar surface area (TPSA) is 59.9 Å². The highest BCUT2D eigenvalue weighted by atomic mass is 16.4. The lowest BCUT2D eigenvalue weighted by molar-refractivity contribution is 0.0690. The molecule has 1 aromatic heterocycles. The van der Waals surface area contributed by atoms with E-state index in [-0.39, 0.29) is 5.69 Å². The summed E-state index contributed by atoms with van der Waals surface area (Å²) in [7, 11) is 4.16. The first-order valence-electron chi connectivity index (χ1n) is 6.88. The van der Waals surface area contributed by atoms with Gasteiger partial charge in [0.2, 0.25) is 0 Å². The summed E-state index contributed by atoms with van der Waals surface area (Å²) in [5.74, 6) is -0.214. The Morgan fingerprint density at radius 2 is 2.00 bits per heavy atom. The maximum Gasteiger partial charge on any atom is 0.354 e. The SMILES string of the molecule is CN(C)CCN1CCN(c2cccc(C(=O)O)n2)CC1. The van der Waals surface area contributed by atoms with Crippen molar-refractivity contribution in [3.8, 4) is 0 Å². The van der Waals surface area contributed by atoms with Crippen LogP contribution in [0, 0.1) is 0 Å². The largest absolute Gasteiger partial charge is 0.477 e. The van der Waals surface area contributed by atoms with E-state index >= 15 is 0 Å². The first kappa shape index (κ1) is 14.7. The molecule has 1 aromatic rings. The van der Waals surface area contributed by atoms with E-state index < -0.39 is 5.97 Å². The number of carboxylic acid groups (broad SMARTS) is 1. The van der Waals surface area contributed by atoms with Crippen LogP contribution in [0.1, 0.15) is 10.5 Å². The number of piperazine rings is 1. The quantitative estimate of drug-likeness (QED) is 0.844. The lowest BCUT2D eigenvalue weighted by Gasteiger charge is -2.35. The Hall–Kier alpha value is -1.66. The third-order valence-corrected chi connectivity index (χ3v) is 3.51. The molecule has 0 aliphatic carbocycles. The maximum atomic E-state index is 10.9. The highest BCUT2D eigenvalue weighted by molar-refractivity contribution is 5.85. The molecular formula is C14H22N4O2. The first-order valence-corrected chi connectivity index (χ1v) is 6.88. The molecular weight excluding hydrogens is 256 g/mol. The van der Waals surface area contributed by atoms with Crippen molar-refractivity contribution in [2.24, 2.45) is 0 Å². The molecule has 0 atom stereocenters. The van der Waals surface area contributed by atoms with Gasteiger partial charge < -0.3 is 14.9 Å². The van der Waals surface area contributed by atoms with Gasteiger partial charge in [0.1, 0.15) is 5.82 Å². The van der Waals surface area contributed by atoms with Crippen molar-refractivity contribution in [1.29, 1.82) is 0 Å². The molecule has 2 rings (SSSR count). The van der Waals surface area contributed by atoms with Gasteiger partial charge in [-0.3, -0.25) is 4.90 Å². The number of anilines is 1. The van der Waals surface area contributed by atoms with Crippen LogP contribution in [-0.4, -0.2) is 79.2 Å². The molecule has 20 heavy (non-hydrogen) atoms. The number of aromatic carboxylic acids is 1. The lowest BCUT2D eigenvalue weighted by atomic mass is 10.3. The Bertz CT molecular complexity index is 456. The van der Waals surface area contributed by atoms with E-state index in [1.54, 1.807) is 6.07 Å². The predicted molar refractivity (Wildman–Crippen MR) is 78.4 cm³/mol. The van der Waals surface area contributed by atoms with E-state index in [4.69, 9.17) is 5.11 Å². The molecule has 6 nitrogen and oxygen atoms in total. The van der Waals surface area contributed by atoms with Crippen molar-refractivity contribution in [1.82, 2.24) is 14.8 Å². The summed E-state index contributed by atoms with van der Waals surface area (Å²) in [6, 6.07) is 5.16. The molecule has 0 bridgehead atoms. The van der Waals surface area contributed by atoms with Gasteiger partial charge in [-0.2, -0.15) is 0 Å². The zero-order valence-electron chi connectivity index (χ0n) is 12.1. The molecule has 2 heterocycles. The Kier molecular flexibility index (Phi) is 4.92. The van der Waals surface area contributed by atoms with Gasteiger partial charge in [-0.1, -0.05) is 6.07 Å². The van der Waals surface area contributed by atoms with E-state index in [1.165, 1.54) is 6.07 Å². The minimum Gasteiger partial charge on any atom is -0.477 e. The number of hydrogen-bond donors (Lipinski definition) is 1. The summed E-state index contributed by atoms with van der Waals surface area (Å²) in [5.41, 5.74) is 0.109. The number of likely N-dealkylation sites (N-methyl/N-ethyl adjacent to an activating group) is 1. The second-order valence-corrected chi connectivity index (χ2v) is 5.32. The molecule has 0 spiro atoms. The number of rotatable bonds is 5. The summed E-state index contributed by atoms with van der Waals surface area (Å²) in [6.45, 7) is 5.91. The number of nitrogens with zero attached hydrogens (tertiary/aromatic N) is 4.